The molecule has 0 aliphatic heterocycles. The van der Waals surface area contributed by atoms with Gasteiger partial charge in [0.1, 0.15) is 5.88 Å². The van der Waals surface area contributed by atoms with Gasteiger partial charge in [0.05, 0.1) is 6.10 Å². The van der Waals surface area contributed by atoms with Gasteiger partial charge in [-0.05, 0) is 19.8 Å². The summed E-state index contributed by atoms with van der Waals surface area (Å²) in [7, 11) is 0. The highest BCUT2D eigenvalue weighted by molar-refractivity contribution is 6.28. The monoisotopic (exact) mass is 234 g/mol. The molecule has 0 atom stereocenters. The molecule has 1 fully saturated rings. The highest BCUT2D eigenvalue weighted by Gasteiger charge is 2.30. The molecule has 1 rings (SSSR count). The fourth-order valence-corrected chi connectivity index (χ4v) is 1.50. The molecule has 0 bridgehead atoms. The number of carbonyl (C=O) groups is 2. The van der Waals surface area contributed by atoms with Crippen molar-refractivity contribution < 1.29 is 14.3 Å². The van der Waals surface area contributed by atoms with Crippen LogP contribution in [-0.4, -0.2) is 36.6 Å². The van der Waals surface area contributed by atoms with Gasteiger partial charge in [0, 0.05) is 12.6 Å². The van der Waals surface area contributed by atoms with Gasteiger partial charge in [0.15, 0.2) is 0 Å². The Morgan fingerprint density at radius 2 is 2.13 bits per heavy atom. The molecule has 15 heavy (non-hydrogen) atoms. The quantitative estimate of drug-likeness (QED) is 0.701. The van der Waals surface area contributed by atoms with Crippen LogP contribution in [0.1, 0.15) is 19.8 Å². The lowest BCUT2D eigenvalue weighted by Crippen LogP contribution is -2.52. The zero-order valence-electron chi connectivity index (χ0n) is 8.59. The smallest absolute Gasteiger partial charge is 0.321 e. The van der Waals surface area contributed by atoms with Crippen LogP contribution in [0.5, 0.6) is 0 Å². The van der Waals surface area contributed by atoms with Gasteiger partial charge in [-0.1, -0.05) is 0 Å². The van der Waals surface area contributed by atoms with Crippen LogP contribution in [0.3, 0.4) is 0 Å². The van der Waals surface area contributed by atoms with Crippen LogP contribution < -0.4 is 10.6 Å². The zero-order valence-corrected chi connectivity index (χ0v) is 9.34. The number of nitrogens with one attached hydrogen (secondary N) is 2. The Hall–Kier alpha value is -0.810. The first-order valence-corrected chi connectivity index (χ1v) is 5.47. The summed E-state index contributed by atoms with van der Waals surface area (Å²) < 4.78 is 5.33. The third kappa shape index (κ3) is 4.05. The van der Waals surface area contributed by atoms with Crippen molar-refractivity contribution in [2.75, 3.05) is 12.5 Å². The molecule has 0 aromatic rings. The van der Waals surface area contributed by atoms with Crippen LogP contribution in [0, 0.1) is 0 Å². The van der Waals surface area contributed by atoms with E-state index in [1.54, 1.807) is 0 Å². The van der Waals surface area contributed by atoms with Gasteiger partial charge >= 0.3 is 6.03 Å². The van der Waals surface area contributed by atoms with E-state index in [0.29, 0.717) is 6.61 Å². The van der Waals surface area contributed by atoms with E-state index in [9.17, 15) is 9.59 Å². The third-order valence-corrected chi connectivity index (χ3v) is 2.45. The van der Waals surface area contributed by atoms with Crippen LogP contribution >= 0.6 is 11.6 Å². The largest absolute Gasteiger partial charge is 0.378 e. The van der Waals surface area contributed by atoms with Gasteiger partial charge in [-0.3, -0.25) is 10.1 Å². The molecule has 0 heterocycles. The minimum Gasteiger partial charge on any atom is -0.378 e. The van der Waals surface area contributed by atoms with Gasteiger partial charge in [-0.25, -0.2) is 4.79 Å². The number of urea groups is 1. The number of imide groups is 1. The first-order valence-electron chi connectivity index (χ1n) is 4.93. The SMILES string of the molecule is CCOC1CC(NC(=O)NC(=O)CCl)C1. The highest BCUT2D eigenvalue weighted by Crippen LogP contribution is 2.22. The minimum atomic E-state index is -0.491. The molecule has 6 heteroatoms. The fraction of sp³-hybridized carbons (Fsp3) is 0.778. The maximum Gasteiger partial charge on any atom is 0.321 e. The van der Waals surface area contributed by atoms with E-state index in [2.05, 4.69) is 10.6 Å². The first kappa shape index (κ1) is 12.3. The number of hydrogen-bond acceptors (Lipinski definition) is 3. The summed E-state index contributed by atoms with van der Waals surface area (Å²) in [5.41, 5.74) is 0. The van der Waals surface area contributed by atoms with E-state index in [4.69, 9.17) is 16.3 Å². The number of amides is 3. The Balaban J connectivity index is 2.11. The molecule has 0 radical (unpaired) electrons. The van der Waals surface area contributed by atoms with Crippen molar-refractivity contribution in [3.63, 3.8) is 0 Å². The van der Waals surface area contributed by atoms with Gasteiger partial charge < -0.3 is 10.1 Å². The number of hydrogen-bond donors (Lipinski definition) is 2. The van der Waals surface area contributed by atoms with Crippen molar-refractivity contribution >= 4 is 23.5 Å². The average molecular weight is 235 g/mol. The third-order valence-electron chi connectivity index (χ3n) is 2.21. The number of carbonyl (C=O) groups excluding carboxylic acids is 2. The summed E-state index contributed by atoms with van der Waals surface area (Å²) in [6, 6.07) is -0.384. The second-order valence-electron chi connectivity index (χ2n) is 3.40. The molecular formula is C9H15ClN2O3. The number of ether oxygens (including phenoxy) is 1. The maximum atomic E-state index is 11.1. The topological polar surface area (TPSA) is 67.4 Å². The molecule has 3 amide bonds. The van der Waals surface area contributed by atoms with Crippen molar-refractivity contribution in [2.24, 2.45) is 0 Å². The maximum absolute atomic E-state index is 11.1. The Bertz CT molecular complexity index is 242. The summed E-state index contributed by atoms with van der Waals surface area (Å²) in [4.78, 5) is 21.9. The van der Waals surface area contributed by atoms with Gasteiger partial charge in [0.2, 0.25) is 5.91 Å². The molecule has 0 saturated heterocycles. The Morgan fingerprint density at radius 3 is 2.67 bits per heavy atom. The number of rotatable bonds is 4. The van der Waals surface area contributed by atoms with Crippen molar-refractivity contribution in [3.8, 4) is 0 Å². The molecular weight excluding hydrogens is 220 g/mol. The molecule has 2 N–H and O–H groups in total. The fourth-order valence-electron chi connectivity index (χ4n) is 1.44. The normalized spacial score (nSPS) is 24.1. The van der Waals surface area contributed by atoms with Crippen LogP contribution in [0.2, 0.25) is 0 Å². The van der Waals surface area contributed by atoms with E-state index in [-0.39, 0.29) is 18.0 Å². The summed E-state index contributed by atoms with van der Waals surface area (Å²) in [6.07, 6.45) is 1.84. The standard InChI is InChI=1S/C9H15ClN2O3/c1-2-15-7-3-6(4-7)11-9(14)12-8(13)5-10/h6-7H,2-5H2,1H3,(H2,11,12,13,14). The van der Waals surface area contributed by atoms with Crippen LogP contribution in [0.4, 0.5) is 4.79 Å². The Kier molecular flexibility index (Phi) is 4.84. The van der Waals surface area contributed by atoms with Gasteiger partial charge in [-0.2, -0.15) is 0 Å². The Labute approximate surface area is 93.5 Å². The summed E-state index contributed by atoms with van der Waals surface area (Å²) >= 11 is 5.23. The lowest BCUT2D eigenvalue weighted by Gasteiger charge is -2.35. The molecule has 0 aromatic heterocycles. The van der Waals surface area contributed by atoms with Crippen molar-refractivity contribution in [3.05, 3.63) is 0 Å². The number of alkyl halides is 1. The second-order valence-corrected chi connectivity index (χ2v) is 3.67. The predicted molar refractivity (Wildman–Crippen MR) is 55.8 cm³/mol. The van der Waals surface area contributed by atoms with E-state index in [0.717, 1.165) is 12.8 Å². The predicted octanol–water partition coefficient (Wildman–Crippen LogP) is 0.619. The van der Waals surface area contributed by atoms with E-state index < -0.39 is 11.9 Å². The Morgan fingerprint density at radius 1 is 1.47 bits per heavy atom. The lowest BCUT2D eigenvalue weighted by molar-refractivity contribution is -0.117. The highest BCUT2D eigenvalue weighted by atomic mass is 35.5. The van der Waals surface area contributed by atoms with Gasteiger partial charge in [0.25, 0.3) is 0 Å². The molecule has 0 unspecified atom stereocenters. The van der Waals surface area contributed by atoms with Crippen LogP contribution in [0.15, 0.2) is 0 Å². The lowest BCUT2D eigenvalue weighted by atomic mass is 9.89. The first-order chi connectivity index (χ1) is 7.15. The summed E-state index contributed by atoms with van der Waals surface area (Å²) in [5, 5.41) is 4.77. The molecule has 5 nitrogen and oxygen atoms in total. The van der Waals surface area contributed by atoms with Crippen molar-refractivity contribution in [2.45, 2.75) is 31.9 Å². The molecule has 1 aliphatic carbocycles. The van der Waals surface area contributed by atoms with E-state index in [1.807, 2.05) is 6.92 Å². The second kappa shape index (κ2) is 5.92. The summed E-state index contributed by atoms with van der Waals surface area (Å²) in [5.74, 6) is -0.700. The molecule has 1 saturated carbocycles. The summed E-state index contributed by atoms with van der Waals surface area (Å²) in [6.45, 7) is 2.63. The van der Waals surface area contributed by atoms with Crippen molar-refractivity contribution in [1.29, 1.82) is 0 Å². The zero-order chi connectivity index (χ0) is 11.3. The molecule has 86 valence electrons. The van der Waals surface area contributed by atoms with Crippen LogP contribution in [-0.2, 0) is 9.53 Å². The molecule has 1 aliphatic rings. The van der Waals surface area contributed by atoms with Crippen molar-refractivity contribution in [1.82, 2.24) is 10.6 Å². The van der Waals surface area contributed by atoms with E-state index >= 15 is 0 Å². The van der Waals surface area contributed by atoms with Crippen LogP contribution in [0.25, 0.3) is 0 Å². The van der Waals surface area contributed by atoms with Gasteiger partial charge in [-0.15, -0.1) is 11.6 Å². The molecule has 0 aromatic carbocycles. The minimum absolute atomic E-state index is 0.102. The molecule has 0 spiro atoms. The average Bonchev–Trinajstić information content (AvgIpc) is 2.14. The number of halogens is 1. The van der Waals surface area contributed by atoms with E-state index in [1.165, 1.54) is 0 Å².